The third-order valence-corrected chi connectivity index (χ3v) is 5.76. The van der Waals surface area contributed by atoms with Crippen LogP contribution in [-0.4, -0.2) is 34.3 Å². The van der Waals surface area contributed by atoms with Crippen LogP contribution < -0.4 is 10.6 Å². The van der Waals surface area contributed by atoms with Gasteiger partial charge < -0.3 is 10.6 Å². The number of nitrogens with zero attached hydrogens (tertiary/aromatic N) is 2. The Hall–Kier alpha value is -2.26. The molecule has 1 heterocycles. The van der Waals surface area contributed by atoms with E-state index in [1.807, 2.05) is 30.3 Å². The average molecular weight is 421 g/mol. The van der Waals surface area contributed by atoms with E-state index in [9.17, 15) is 14.4 Å². The van der Waals surface area contributed by atoms with Gasteiger partial charge in [0.25, 0.3) is 0 Å². The van der Waals surface area contributed by atoms with Gasteiger partial charge in [0.05, 0.1) is 6.54 Å². The van der Waals surface area contributed by atoms with E-state index in [-0.39, 0.29) is 37.0 Å². The van der Waals surface area contributed by atoms with Crippen LogP contribution in [0, 0.1) is 5.41 Å². The zero-order chi connectivity index (χ0) is 20.6. The molecular weight excluding hydrogens is 396 g/mol. The number of anilines is 1. The van der Waals surface area contributed by atoms with E-state index >= 15 is 0 Å². The van der Waals surface area contributed by atoms with Gasteiger partial charge in [-0.05, 0) is 5.56 Å². The molecule has 0 aliphatic carbocycles. The highest BCUT2D eigenvalue weighted by Gasteiger charge is 2.21. The molecule has 0 aliphatic heterocycles. The summed E-state index contributed by atoms with van der Waals surface area (Å²) in [7, 11) is 0. The average Bonchev–Trinajstić information content (AvgIpc) is 3.10. The van der Waals surface area contributed by atoms with E-state index in [1.54, 1.807) is 32.5 Å². The van der Waals surface area contributed by atoms with Gasteiger partial charge in [-0.25, -0.2) is 0 Å². The van der Waals surface area contributed by atoms with Crippen molar-refractivity contribution in [3.8, 4) is 0 Å². The van der Waals surface area contributed by atoms with Gasteiger partial charge in [-0.1, -0.05) is 74.2 Å². The fourth-order valence-electron chi connectivity index (χ4n) is 1.98. The van der Waals surface area contributed by atoms with Crippen LogP contribution in [0.5, 0.6) is 0 Å². The minimum Gasteiger partial charge on any atom is -0.349 e. The van der Waals surface area contributed by atoms with E-state index in [1.165, 1.54) is 16.9 Å². The van der Waals surface area contributed by atoms with Crippen molar-refractivity contribution in [1.82, 2.24) is 15.5 Å². The van der Waals surface area contributed by atoms with Crippen molar-refractivity contribution in [3.63, 3.8) is 0 Å². The number of ketones is 1. The van der Waals surface area contributed by atoms with Gasteiger partial charge in [0.15, 0.2) is 10.1 Å². The normalized spacial score (nSPS) is 11.1. The molecule has 0 unspecified atom stereocenters. The minimum atomic E-state index is -0.501. The highest BCUT2D eigenvalue weighted by Crippen LogP contribution is 2.28. The van der Waals surface area contributed by atoms with Crippen LogP contribution in [0.4, 0.5) is 5.13 Å². The number of hydrogen-bond donors (Lipinski definition) is 2. The largest absolute Gasteiger partial charge is 0.349 e. The Morgan fingerprint density at radius 1 is 1.04 bits per heavy atom. The molecule has 2 amide bonds. The maximum atomic E-state index is 12.0. The van der Waals surface area contributed by atoms with Crippen molar-refractivity contribution in [2.75, 3.05) is 11.9 Å². The van der Waals surface area contributed by atoms with E-state index in [0.717, 1.165) is 10.1 Å². The van der Waals surface area contributed by atoms with E-state index in [2.05, 4.69) is 20.8 Å². The van der Waals surface area contributed by atoms with Gasteiger partial charge in [-0.2, -0.15) is 0 Å². The monoisotopic (exact) mass is 420 g/mol. The van der Waals surface area contributed by atoms with E-state index in [4.69, 9.17) is 0 Å². The molecule has 2 rings (SSSR count). The molecule has 0 saturated carbocycles. The number of hydrogen-bond acceptors (Lipinski definition) is 7. The number of rotatable bonds is 9. The van der Waals surface area contributed by atoms with Crippen LogP contribution in [0.25, 0.3) is 0 Å². The molecule has 2 N–H and O–H groups in total. The number of thioether (sulfide) groups is 1. The molecule has 0 saturated heterocycles. The smallest absolute Gasteiger partial charge is 0.226 e. The number of carbonyl (C=O) groups excluding carboxylic acids is 3. The van der Waals surface area contributed by atoms with Crippen molar-refractivity contribution >= 4 is 45.8 Å². The molecule has 0 spiro atoms. The maximum Gasteiger partial charge on any atom is 0.226 e. The fourth-order valence-corrected chi connectivity index (χ4v) is 3.70. The predicted octanol–water partition coefficient (Wildman–Crippen LogP) is 3.28. The second-order valence-electron chi connectivity index (χ2n) is 7.15. The quantitative estimate of drug-likeness (QED) is 0.477. The SMILES string of the molecule is CC(C)(C)C(=O)CNC(=O)CCC(=O)Nc1nnc(SCc2ccccc2)s1. The van der Waals surface area contributed by atoms with Crippen molar-refractivity contribution in [2.24, 2.45) is 5.41 Å². The number of aromatic nitrogens is 2. The van der Waals surface area contributed by atoms with Crippen LogP contribution in [0.15, 0.2) is 34.7 Å². The Balaban J connectivity index is 1.69. The first-order chi connectivity index (χ1) is 13.2. The Labute approximate surface area is 172 Å². The van der Waals surface area contributed by atoms with Gasteiger partial charge in [0.1, 0.15) is 0 Å². The summed E-state index contributed by atoms with van der Waals surface area (Å²) in [5.41, 5.74) is 0.683. The Morgan fingerprint density at radius 3 is 2.39 bits per heavy atom. The number of nitrogens with one attached hydrogen (secondary N) is 2. The first-order valence-electron chi connectivity index (χ1n) is 8.84. The van der Waals surface area contributed by atoms with Gasteiger partial charge in [-0.3, -0.25) is 14.4 Å². The first-order valence-corrected chi connectivity index (χ1v) is 10.6. The zero-order valence-electron chi connectivity index (χ0n) is 16.2. The van der Waals surface area contributed by atoms with E-state index < -0.39 is 5.41 Å². The molecule has 0 fully saturated rings. The fraction of sp³-hybridized carbons (Fsp3) is 0.421. The third-order valence-electron chi connectivity index (χ3n) is 3.72. The van der Waals surface area contributed by atoms with Gasteiger partial charge in [-0.15, -0.1) is 10.2 Å². The molecular formula is C19H24N4O3S2. The van der Waals surface area contributed by atoms with Gasteiger partial charge in [0, 0.05) is 24.0 Å². The molecule has 0 aliphatic rings. The topological polar surface area (TPSA) is 101 Å². The summed E-state index contributed by atoms with van der Waals surface area (Å²) in [5, 5.41) is 13.6. The summed E-state index contributed by atoms with van der Waals surface area (Å²) in [6, 6.07) is 10.0. The van der Waals surface area contributed by atoms with Crippen molar-refractivity contribution in [3.05, 3.63) is 35.9 Å². The molecule has 28 heavy (non-hydrogen) atoms. The Bertz CT molecular complexity index is 816. The molecule has 9 heteroatoms. The molecule has 1 aromatic carbocycles. The summed E-state index contributed by atoms with van der Waals surface area (Å²) in [4.78, 5) is 35.5. The molecule has 0 radical (unpaired) electrons. The Morgan fingerprint density at radius 2 is 1.71 bits per heavy atom. The highest BCUT2D eigenvalue weighted by atomic mass is 32.2. The van der Waals surface area contributed by atoms with Gasteiger partial charge in [0.2, 0.25) is 16.9 Å². The minimum absolute atomic E-state index is 0.0116. The molecule has 0 bridgehead atoms. The summed E-state index contributed by atoms with van der Waals surface area (Å²) >= 11 is 2.84. The summed E-state index contributed by atoms with van der Waals surface area (Å²) in [5.74, 6) is 0.0773. The second kappa shape index (κ2) is 10.3. The number of carbonyl (C=O) groups is 3. The van der Waals surface area contributed by atoms with Crippen LogP contribution >= 0.6 is 23.1 Å². The molecule has 7 nitrogen and oxygen atoms in total. The lowest BCUT2D eigenvalue weighted by Gasteiger charge is -2.16. The van der Waals surface area contributed by atoms with Crippen molar-refractivity contribution in [2.45, 2.75) is 43.7 Å². The lowest BCUT2D eigenvalue weighted by Crippen LogP contribution is -2.35. The number of amides is 2. The predicted molar refractivity (Wildman–Crippen MR) is 111 cm³/mol. The van der Waals surface area contributed by atoms with Crippen LogP contribution in [0.2, 0.25) is 0 Å². The van der Waals surface area contributed by atoms with Crippen LogP contribution in [0.1, 0.15) is 39.2 Å². The summed E-state index contributed by atoms with van der Waals surface area (Å²) in [6.45, 7) is 5.36. The molecule has 0 atom stereocenters. The highest BCUT2D eigenvalue weighted by molar-refractivity contribution is 8.00. The molecule has 2 aromatic rings. The van der Waals surface area contributed by atoms with Crippen LogP contribution in [0.3, 0.4) is 0 Å². The first kappa shape index (κ1) is 22.0. The van der Waals surface area contributed by atoms with Crippen LogP contribution in [-0.2, 0) is 20.1 Å². The third kappa shape index (κ3) is 7.77. The lowest BCUT2D eigenvalue weighted by atomic mass is 9.91. The molecule has 1 aromatic heterocycles. The standard InChI is InChI=1S/C19H24N4O3S2/c1-19(2,3)14(24)11-20-15(25)9-10-16(26)21-17-22-23-18(28-17)27-12-13-7-5-4-6-8-13/h4-8H,9-12H2,1-3H3,(H,20,25)(H,21,22,26). The summed E-state index contributed by atoms with van der Waals surface area (Å²) < 4.78 is 0.762. The number of benzene rings is 1. The maximum absolute atomic E-state index is 12.0. The Kier molecular flexibility index (Phi) is 8.13. The summed E-state index contributed by atoms with van der Waals surface area (Å²) in [6.07, 6.45) is 0.0271. The molecule has 150 valence electrons. The lowest BCUT2D eigenvalue weighted by molar-refractivity contribution is -0.129. The van der Waals surface area contributed by atoms with E-state index in [0.29, 0.717) is 5.13 Å². The van der Waals surface area contributed by atoms with Crippen molar-refractivity contribution < 1.29 is 14.4 Å². The van der Waals surface area contributed by atoms with Gasteiger partial charge >= 0.3 is 0 Å². The van der Waals surface area contributed by atoms with Crippen molar-refractivity contribution in [1.29, 1.82) is 0 Å². The zero-order valence-corrected chi connectivity index (χ0v) is 17.8. The number of Topliss-reactive ketones (excluding diaryl/α,β-unsaturated/α-hetero) is 1. The second-order valence-corrected chi connectivity index (χ2v) is 9.35.